The number of hydrogen-bond acceptors (Lipinski definition) is 3. The molecule has 2 rings (SSSR count). The van der Waals surface area contributed by atoms with E-state index in [2.05, 4.69) is 0 Å². The van der Waals surface area contributed by atoms with Crippen molar-refractivity contribution in [2.24, 2.45) is 0 Å². The van der Waals surface area contributed by atoms with Crippen LogP contribution in [0.2, 0.25) is 0 Å². The number of carboxylic acid groups (broad SMARTS) is 1. The lowest BCUT2D eigenvalue weighted by molar-refractivity contribution is 0.0697. The molecular formula is C16H15NO4. The molecule has 0 radical (unpaired) electrons. The number of carbonyl (C=O) groups excluding carboxylic acids is 1. The fraction of sp³-hybridized carbons (Fsp3) is 0.125. The molecule has 0 aliphatic rings. The second kappa shape index (κ2) is 6.56. The van der Waals surface area contributed by atoms with Crippen LogP contribution >= 0.6 is 0 Å². The summed E-state index contributed by atoms with van der Waals surface area (Å²) in [5.41, 5.74) is 1.64. The lowest BCUT2D eigenvalue weighted by Crippen LogP contribution is -2.26. The Labute approximate surface area is 122 Å². The van der Waals surface area contributed by atoms with Gasteiger partial charge in [-0.3, -0.25) is 4.90 Å². The average molecular weight is 285 g/mol. The first-order chi connectivity index (χ1) is 10.1. The van der Waals surface area contributed by atoms with Gasteiger partial charge in [-0.1, -0.05) is 30.3 Å². The maximum atomic E-state index is 11.9. The zero-order valence-corrected chi connectivity index (χ0v) is 11.5. The van der Waals surface area contributed by atoms with Crippen LogP contribution in [-0.2, 0) is 11.3 Å². The third-order valence-corrected chi connectivity index (χ3v) is 2.98. The maximum absolute atomic E-state index is 11.9. The Balaban J connectivity index is 1.97. The molecule has 0 heterocycles. The van der Waals surface area contributed by atoms with Crippen LogP contribution in [0, 0.1) is 0 Å². The normalized spacial score (nSPS) is 9.95. The second-order valence-electron chi connectivity index (χ2n) is 4.45. The molecule has 0 spiro atoms. The standard InChI is InChI=1S/C16H15NO4/c1-17(14-9-7-13(8-10-14)15(18)19)16(20)21-11-12-5-3-2-4-6-12/h2-10H,11H2,1H3,(H,18,19). The summed E-state index contributed by atoms with van der Waals surface area (Å²) in [5.74, 6) is -1.00. The van der Waals surface area contributed by atoms with Crippen molar-refractivity contribution in [2.45, 2.75) is 6.61 Å². The summed E-state index contributed by atoms with van der Waals surface area (Å²) >= 11 is 0. The Bertz CT molecular complexity index is 622. The molecule has 21 heavy (non-hydrogen) atoms. The van der Waals surface area contributed by atoms with Gasteiger partial charge in [0.15, 0.2) is 0 Å². The maximum Gasteiger partial charge on any atom is 0.414 e. The lowest BCUT2D eigenvalue weighted by Gasteiger charge is -2.17. The largest absolute Gasteiger partial charge is 0.478 e. The summed E-state index contributed by atoms with van der Waals surface area (Å²) in [4.78, 5) is 24.0. The highest BCUT2D eigenvalue weighted by Gasteiger charge is 2.13. The van der Waals surface area contributed by atoms with E-state index in [4.69, 9.17) is 9.84 Å². The molecular weight excluding hydrogens is 270 g/mol. The van der Waals surface area contributed by atoms with Gasteiger partial charge in [-0.15, -0.1) is 0 Å². The monoisotopic (exact) mass is 285 g/mol. The molecule has 2 aromatic carbocycles. The first-order valence-corrected chi connectivity index (χ1v) is 6.35. The number of carboxylic acids is 1. The van der Waals surface area contributed by atoms with Crippen LogP contribution in [0.3, 0.4) is 0 Å². The fourth-order valence-electron chi connectivity index (χ4n) is 1.75. The van der Waals surface area contributed by atoms with Gasteiger partial charge in [-0.05, 0) is 29.8 Å². The van der Waals surface area contributed by atoms with Crippen LogP contribution < -0.4 is 4.90 Å². The fourth-order valence-corrected chi connectivity index (χ4v) is 1.75. The summed E-state index contributed by atoms with van der Waals surface area (Å²) in [5, 5.41) is 8.83. The Morgan fingerprint density at radius 1 is 1.05 bits per heavy atom. The van der Waals surface area contributed by atoms with E-state index < -0.39 is 12.1 Å². The van der Waals surface area contributed by atoms with Crippen molar-refractivity contribution in [1.29, 1.82) is 0 Å². The van der Waals surface area contributed by atoms with Crippen LogP contribution in [0.5, 0.6) is 0 Å². The third-order valence-electron chi connectivity index (χ3n) is 2.98. The van der Waals surface area contributed by atoms with Gasteiger partial charge in [0, 0.05) is 12.7 Å². The van der Waals surface area contributed by atoms with Gasteiger partial charge in [-0.2, -0.15) is 0 Å². The Morgan fingerprint density at radius 2 is 1.67 bits per heavy atom. The summed E-state index contributed by atoms with van der Waals surface area (Å²) in [6.07, 6.45) is -0.498. The topological polar surface area (TPSA) is 66.8 Å². The number of carbonyl (C=O) groups is 2. The van der Waals surface area contributed by atoms with E-state index in [1.807, 2.05) is 30.3 Å². The number of nitrogens with zero attached hydrogens (tertiary/aromatic N) is 1. The van der Waals surface area contributed by atoms with Crippen LogP contribution in [0.1, 0.15) is 15.9 Å². The minimum absolute atomic E-state index is 0.171. The highest BCUT2D eigenvalue weighted by Crippen LogP contribution is 2.15. The number of amides is 1. The molecule has 0 saturated heterocycles. The number of aromatic carboxylic acids is 1. The molecule has 0 atom stereocenters. The number of rotatable bonds is 4. The van der Waals surface area contributed by atoms with Gasteiger partial charge in [-0.25, -0.2) is 9.59 Å². The molecule has 0 aliphatic heterocycles. The summed E-state index contributed by atoms with van der Waals surface area (Å²) in [7, 11) is 1.57. The number of anilines is 1. The SMILES string of the molecule is CN(C(=O)OCc1ccccc1)c1ccc(C(=O)O)cc1. The average Bonchev–Trinajstić information content (AvgIpc) is 2.53. The molecule has 108 valence electrons. The van der Waals surface area contributed by atoms with Crippen LogP contribution in [-0.4, -0.2) is 24.2 Å². The van der Waals surface area contributed by atoms with Crippen LogP contribution in [0.25, 0.3) is 0 Å². The smallest absolute Gasteiger partial charge is 0.414 e. The van der Waals surface area contributed by atoms with Gasteiger partial charge in [0.1, 0.15) is 6.61 Å². The molecule has 0 unspecified atom stereocenters. The minimum Gasteiger partial charge on any atom is -0.478 e. The quantitative estimate of drug-likeness (QED) is 0.937. The highest BCUT2D eigenvalue weighted by molar-refractivity contribution is 5.90. The van der Waals surface area contributed by atoms with E-state index in [9.17, 15) is 9.59 Å². The van der Waals surface area contributed by atoms with E-state index in [0.717, 1.165) is 5.56 Å². The lowest BCUT2D eigenvalue weighted by atomic mass is 10.2. The van der Waals surface area contributed by atoms with E-state index in [-0.39, 0.29) is 12.2 Å². The zero-order chi connectivity index (χ0) is 15.2. The number of hydrogen-bond donors (Lipinski definition) is 1. The van der Waals surface area contributed by atoms with Crippen molar-refractivity contribution in [2.75, 3.05) is 11.9 Å². The van der Waals surface area contributed by atoms with Crippen molar-refractivity contribution in [3.63, 3.8) is 0 Å². The van der Waals surface area contributed by atoms with Gasteiger partial charge >= 0.3 is 12.1 Å². The molecule has 1 N–H and O–H groups in total. The first kappa shape index (κ1) is 14.6. The molecule has 1 amide bonds. The second-order valence-corrected chi connectivity index (χ2v) is 4.45. The summed E-state index contributed by atoms with van der Waals surface area (Å²) in [6.45, 7) is 0.192. The van der Waals surface area contributed by atoms with Gasteiger partial charge in [0.2, 0.25) is 0 Å². The molecule has 5 nitrogen and oxygen atoms in total. The molecule has 0 aliphatic carbocycles. The van der Waals surface area contributed by atoms with Crippen LogP contribution in [0.15, 0.2) is 54.6 Å². The summed E-state index contributed by atoms with van der Waals surface area (Å²) < 4.78 is 5.19. The molecule has 2 aromatic rings. The van der Waals surface area contributed by atoms with Crippen molar-refractivity contribution in [3.05, 3.63) is 65.7 Å². The molecule has 0 saturated carbocycles. The van der Waals surface area contributed by atoms with Crippen molar-refractivity contribution < 1.29 is 19.4 Å². The van der Waals surface area contributed by atoms with Gasteiger partial charge in [0.25, 0.3) is 0 Å². The van der Waals surface area contributed by atoms with Crippen LogP contribution in [0.4, 0.5) is 10.5 Å². The number of ether oxygens (including phenoxy) is 1. The molecule has 0 aromatic heterocycles. The summed E-state index contributed by atoms with van der Waals surface area (Å²) in [6, 6.07) is 15.4. The Morgan fingerprint density at radius 3 is 2.24 bits per heavy atom. The Hall–Kier alpha value is -2.82. The van der Waals surface area contributed by atoms with Gasteiger partial charge in [0.05, 0.1) is 5.56 Å². The zero-order valence-electron chi connectivity index (χ0n) is 11.5. The minimum atomic E-state index is -1.00. The van der Waals surface area contributed by atoms with E-state index in [1.54, 1.807) is 19.2 Å². The predicted octanol–water partition coefficient (Wildman–Crippen LogP) is 3.16. The third kappa shape index (κ3) is 3.82. The Kier molecular flexibility index (Phi) is 4.56. The molecule has 0 fully saturated rings. The molecule has 5 heteroatoms. The molecule has 0 bridgehead atoms. The van der Waals surface area contributed by atoms with Crippen molar-refractivity contribution >= 4 is 17.7 Å². The van der Waals surface area contributed by atoms with E-state index in [1.165, 1.54) is 17.0 Å². The van der Waals surface area contributed by atoms with Crippen molar-refractivity contribution in [3.8, 4) is 0 Å². The van der Waals surface area contributed by atoms with E-state index >= 15 is 0 Å². The van der Waals surface area contributed by atoms with Crippen molar-refractivity contribution in [1.82, 2.24) is 0 Å². The number of benzene rings is 2. The first-order valence-electron chi connectivity index (χ1n) is 6.35. The predicted molar refractivity (Wildman–Crippen MR) is 78.4 cm³/mol. The van der Waals surface area contributed by atoms with E-state index in [0.29, 0.717) is 5.69 Å². The highest BCUT2D eigenvalue weighted by atomic mass is 16.6. The van der Waals surface area contributed by atoms with Gasteiger partial charge < -0.3 is 9.84 Å².